The number of hydrogen-bond acceptors (Lipinski definition) is 5. The van der Waals surface area contributed by atoms with Gasteiger partial charge in [0.15, 0.2) is 0 Å². The molecule has 6 nitrogen and oxygen atoms in total. The molecule has 1 aromatic heterocycles. The van der Waals surface area contributed by atoms with Gasteiger partial charge in [0.25, 0.3) is 5.91 Å². The van der Waals surface area contributed by atoms with Crippen LogP contribution in [0.25, 0.3) is 0 Å². The molecule has 1 aliphatic rings. The molecule has 0 bridgehead atoms. The first kappa shape index (κ1) is 19.1. The standard InChI is InChI=1S/C21H29N5O/c1-4-25(5-2)18-11-9-17(10-12-18)23-21-22-16(3)15-19(24-21)20(27)26-13-7-6-8-14-26/h9-12,15H,4-8,13-14H2,1-3H3,(H,22,23,24). The second-order valence-electron chi connectivity index (χ2n) is 6.92. The predicted molar refractivity (Wildman–Crippen MR) is 110 cm³/mol. The number of anilines is 3. The molecule has 0 spiro atoms. The number of nitrogens with zero attached hydrogens (tertiary/aromatic N) is 4. The van der Waals surface area contributed by atoms with Gasteiger partial charge in [-0.1, -0.05) is 0 Å². The van der Waals surface area contributed by atoms with Gasteiger partial charge in [0.1, 0.15) is 5.69 Å². The monoisotopic (exact) mass is 367 g/mol. The number of rotatable bonds is 6. The van der Waals surface area contributed by atoms with Crippen LogP contribution in [0.3, 0.4) is 0 Å². The third-order valence-electron chi connectivity index (χ3n) is 4.97. The second-order valence-corrected chi connectivity index (χ2v) is 6.92. The minimum atomic E-state index is 0.000122. The van der Waals surface area contributed by atoms with Gasteiger partial charge >= 0.3 is 0 Å². The van der Waals surface area contributed by atoms with Gasteiger partial charge in [-0.3, -0.25) is 4.79 Å². The van der Waals surface area contributed by atoms with Gasteiger partial charge in [-0.05, 0) is 70.4 Å². The summed E-state index contributed by atoms with van der Waals surface area (Å²) >= 11 is 0. The first-order chi connectivity index (χ1) is 13.1. The molecule has 2 heterocycles. The number of carbonyl (C=O) groups is 1. The minimum Gasteiger partial charge on any atom is -0.372 e. The summed E-state index contributed by atoms with van der Waals surface area (Å²) in [4.78, 5) is 25.8. The normalized spacial score (nSPS) is 14.1. The van der Waals surface area contributed by atoms with E-state index in [0.717, 1.165) is 50.4 Å². The van der Waals surface area contributed by atoms with Gasteiger partial charge in [0, 0.05) is 43.2 Å². The fraction of sp³-hybridized carbons (Fsp3) is 0.476. The van der Waals surface area contributed by atoms with E-state index in [1.807, 2.05) is 24.0 Å². The van der Waals surface area contributed by atoms with Gasteiger partial charge in [0.2, 0.25) is 5.95 Å². The lowest BCUT2D eigenvalue weighted by molar-refractivity contribution is 0.0718. The Labute approximate surface area is 161 Å². The SMILES string of the molecule is CCN(CC)c1ccc(Nc2nc(C)cc(C(=O)N3CCCCC3)n2)cc1. The average molecular weight is 367 g/mol. The molecule has 1 fully saturated rings. The number of benzene rings is 1. The Hall–Kier alpha value is -2.63. The van der Waals surface area contributed by atoms with Crippen molar-refractivity contribution in [1.29, 1.82) is 0 Å². The lowest BCUT2D eigenvalue weighted by atomic mass is 10.1. The largest absolute Gasteiger partial charge is 0.372 e. The van der Waals surface area contributed by atoms with Crippen LogP contribution in [0.15, 0.2) is 30.3 Å². The first-order valence-corrected chi connectivity index (χ1v) is 9.87. The van der Waals surface area contributed by atoms with E-state index in [1.54, 1.807) is 6.07 Å². The molecule has 1 saturated heterocycles. The summed E-state index contributed by atoms with van der Waals surface area (Å²) in [6.07, 6.45) is 3.34. The minimum absolute atomic E-state index is 0.000122. The van der Waals surface area contributed by atoms with Crippen molar-refractivity contribution in [3.8, 4) is 0 Å². The van der Waals surface area contributed by atoms with E-state index >= 15 is 0 Å². The quantitative estimate of drug-likeness (QED) is 0.836. The van der Waals surface area contributed by atoms with Crippen molar-refractivity contribution in [2.24, 2.45) is 0 Å². The highest BCUT2D eigenvalue weighted by molar-refractivity contribution is 5.92. The molecular formula is C21H29N5O. The maximum atomic E-state index is 12.7. The summed E-state index contributed by atoms with van der Waals surface area (Å²) < 4.78 is 0. The van der Waals surface area contributed by atoms with Gasteiger partial charge < -0.3 is 15.1 Å². The molecule has 1 N–H and O–H groups in total. The first-order valence-electron chi connectivity index (χ1n) is 9.87. The number of aromatic nitrogens is 2. The fourth-order valence-electron chi connectivity index (χ4n) is 3.47. The molecule has 2 aromatic rings. The summed E-state index contributed by atoms with van der Waals surface area (Å²) in [5, 5.41) is 3.23. The summed E-state index contributed by atoms with van der Waals surface area (Å²) in [6.45, 7) is 9.78. The molecular weight excluding hydrogens is 338 g/mol. The lowest BCUT2D eigenvalue weighted by Gasteiger charge is -2.26. The van der Waals surface area contributed by atoms with E-state index in [-0.39, 0.29) is 5.91 Å². The van der Waals surface area contributed by atoms with Crippen LogP contribution in [0, 0.1) is 6.92 Å². The highest BCUT2D eigenvalue weighted by Gasteiger charge is 2.20. The highest BCUT2D eigenvalue weighted by atomic mass is 16.2. The fourth-order valence-corrected chi connectivity index (χ4v) is 3.47. The van der Waals surface area contributed by atoms with E-state index in [4.69, 9.17) is 0 Å². The molecule has 1 amide bonds. The van der Waals surface area contributed by atoms with Gasteiger partial charge in [-0.25, -0.2) is 9.97 Å². The van der Waals surface area contributed by atoms with Crippen molar-refractivity contribution in [1.82, 2.24) is 14.9 Å². The van der Waals surface area contributed by atoms with Crippen LogP contribution in [-0.2, 0) is 0 Å². The number of piperidine rings is 1. The van der Waals surface area contributed by atoms with Gasteiger partial charge in [-0.15, -0.1) is 0 Å². The maximum Gasteiger partial charge on any atom is 0.272 e. The van der Waals surface area contributed by atoms with Crippen molar-refractivity contribution in [3.63, 3.8) is 0 Å². The summed E-state index contributed by atoms with van der Waals surface area (Å²) in [7, 11) is 0. The summed E-state index contributed by atoms with van der Waals surface area (Å²) in [5.74, 6) is 0.464. The van der Waals surface area contributed by atoms with Crippen molar-refractivity contribution >= 4 is 23.2 Å². The number of hydrogen-bond donors (Lipinski definition) is 1. The average Bonchev–Trinajstić information content (AvgIpc) is 2.70. The molecule has 0 radical (unpaired) electrons. The molecule has 27 heavy (non-hydrogen) atoms. The van der Waals surface area contributed by atoms with E-state index < -0.39 is 0 Å². The topological polar surface area (TPSA) is 61.4 Å². The van der Waals surface area contributed by atoms with Gasteiger partial charge in [0.05, 0.1) is 0 Å². The van der Waals surface area contributed by atoms with E-state index in [9.17, 15) is 4.79 Å². The molecule has 0 unspecified atom stereocenters. The number of carbonyl (C=O) groups excluding carboxylic acids is 1. The van der Waals surface area contributed by atoms with Crippen LogP contribution >= 0.6 is 0 Å². The highest BCUT2D eigenvalue weighted by Crippen LogP contribution is 2.20. The van der Waals surface area contributed by atoms with Crippen molar-refractivity contribution in [2.45, 2.75) is 40.0 Å². The van der Waals surface area contributed by atoms with Crippen molar-refractivity contribution < 1.29 is 4.79 Å². The zero-order valence-corrected chi connectivity index (χ0v) is 16.5. The van der Waals surface area contributed by atoms with E-state index in [0.29, 0.717) is 11.6 Å². The molecule has 1 aromatic carbocycles. The third kappa shape index (κ3) is 4.76. The lowest BCUT2D eigenvalue weighted by Crippen LogP contribution is -2.36. The molecule has 1 aliphatic heterocycles. The van der Waals surface area contributed by atoms with E-state index in [2.05, 4.69) is 46.2 Å². The summed E-state index contributed by atoms with van der Waals surface area (Å²) in [5.41, 5.74) is 3.35. The molecule has 6 heteroatoms. The Bertz CT molecular complexity index is 765. The second kappa shape index (κ2) is 8.84. The van der Waals surface area contributed by atoms with Crippen molar-refractivity contribution in [3.05, 3.63) is 41.7 Å². The number of amides is 1. The van der Waals surface area contributed by atoms with Gasteiger partial charge in [-0.2, -0.15) is 0 Å². The Morgan fingerprint density at radius 2 is 1.74 bits per heavy atom. The molecule has 3 rings (SSSR count). The van der Waals surface area contributed by atoms with Crippen LogP contribution in [0.1, 0.15) is 49.3 Å². The Morgan fingerprint density at radius 1 is 1.07 bits per heavy atom. The van der Waals surface area contributed by atoms with Crippen LogP contribution in [0.2, 0.25) is 0 Å². The number of likely N-dealkylation sites (tertiary alicyclic amines) is 1. The number of aryl methyl sites for hydroxylation is 1. The van der Waals surface area contributed by atoms with Crippen molar-refractivity contribution in [2.75, 3.05) is 36.4 Å². The molecule has 0 aliphatic carbocycles. The number of nitrogens with one attached hydrogen (secondary N) is 1. The Morgan fingerprint density at radius 3 is 2.37 bits per heavy atom. The third-order valence-corrected chi connectivity index (χ3v) is 4.97. The molecule has 144 valence electrons. The smallest absolute Gasteiger partial charge is 0.272 e. The molecule has 0 atom stereocenters. The summed E-state index contributed by atoms with van der Waals surface area (Å²) in [6, 6.07) is 9.98. The zero-order chi connectivity index (χ0) is 19.2. The van der Waals surface area contributed by atoms with Crippen LogP contribution in [0.5, 0.6) is 0 Å². The van der Waals surface area contributed by atoms with Crippen LogP contribution in [-0.4, -0.2) is 47.0 Å². The maximum absolute atomic E-state index is 12.7. The Kier molecular flexibility index (Phi) is 6.27. The van der Waals surface area contributed by atoms with Crippen LogP contribution in [0.4, 0.5) is 17.3 Å². The van der Waals surface area contributed by atoms with Crippen LogP contribution < -0.4 is 10.2 Å². The molecule has 0 saturated carbocycles. The zero-order valence-electron chi connectivity index (χ0n) is 16.5. The van der Waals surface area contributed by atoms with E-state index in [1.165, 1.54) is 12.1 Å². The predicted octanol–water partition coefficient (Wildman–Crippen LogP) is 4.00. The Balaban J connectivity index is 1.75.